The van der Waals surface area contributed by atoms with Crippen molar-refractivity contribution in [1.29, 1.82) is 0 Å². The van der Waals surface area contributed by atoms with Crippen molar-refractivity contribution in [2.75, 3.05) is 0 Å². The Labute approximate surface area is 114 Å². The Kier molecular flexibility index (Phi) is 2.80. The molecule has 0 aliphatic carbocycles. The van der Waals surface area contributed by atoms with Crippen molar-refractivity contribution in [3.05, 3.63) is 58.4 Å². The lowest BCUT2D eigenvalue weighted by Crippen LogP contribution is -2.08. The summed E-state index contributed by atoms with van der Waals surface area (Å²) in [6.07, 6.45) is 1.63. The van der Waals surface area contributed by atoms with Gasteiger partial charge in [-0.25, -0.2) is 0 Å². The Hall–Kier alpha value is -2.20. The van der Waals surface area contributed by atoms with Gasteiger partial charge in [0.2, 0.25) is 0 Å². The predicted molar refractivity (Wildman–Crippen MR) is 76.0 cm³/mol. The van der Waals surface area contributed by atoms with Gasteiger partial charge in [-0.05, 0) is 24.4 Å². The molecule has 0 aliphatic heterocycles. The maximum atomic E-state index is 12.4. The Bertz CT molecular complexity index is 769. The molecule has 0 N–H and O–H groups in total. The van der Waals surface area contributed by atoms with Gasteiger partial charge in [0, 0.05) is 17.1 Å². The molecule has 0 spiro atoms. The van der Waals surface area contributed by atoms with Crippen molar-refractivity contribution >= 4 is 33.9 Å². The van der Waals surface area contributed by atoms with Crippen LogP contribution in [-0.4, -0.2) is 16.3 Å². The fourth-order valence-corrected chi connectivity index (χ4v) is 2.81. The molecular weight excluding hydrogens is 258 g/mol. The van der Waals surface area contributed by atoms with Crippen LogP contribution in [0.15, 0.2) is 48.0 Å². The van der Waals surface area contributed by atoms with E-state index in [1.54, 1.807) is 16.8 Å². The molecule has 2 heterocycles. The molecule has 94 valence electrons. The summed E-state index contributed by atoms with van der Waals surface area (Å²) < 4.78 is 1.55. The van der Waals surface area contributed by atoms with Gasteiger partial charge < -0.3 is 0 Å². The molecule has 4 heteroatoms. The first-order chi connectivity index (χ1) is 9.18. The summed E-state index contributed by atoms with van der Waals surface area (Å²) in [5.41, 5.74) is 1.35. The number of aromatic nitrogens is 1. The number of para-hydroxylation sites is 1. The summed E-state index contributed by atoms with van der Waals surface area (Å²) in [5, 5.41) is 2.69. The van der Waals surface area contributed by atoms with Crippen molar-refractivity contribution in [3.63, 3.8) is 0 Å². The van der Waals surface area contributed by atoms with E-state index in [1.807, 2.05) is 35.7 Å². The lowest BCUT2D eigenvalue weighted by Gasteiger charge is -2.00. The highest BCUT2D eigenvalue weighted by molar-refractivity contribution is 7.12. The van der Waals surface area contributed by atoms with Crippen LogP contribution >= 0.6 is 11.3 Å². The van der Waals surface area contributed by atoms with Crippen LogP contribution in [0.25, 0.3) is 10.9 Å². The summed E-state index contributed by atoms with van der Waals surface area (Å²) in [6, 6.07) is 11.1. The highest BCUT2D eigenvalue weighted by atomic mass is 32.1. The second-order valence-electron chi connectivity index (χ2n) is 4.27. The van der Waals surface area contributed by atoms with E-state index >= 15 is 0 Å². The molecule has 0 saturated carbocycles. The lowest BCUT2D eigenvalue weighted by molar-refractivity contribution is 0.0969. The average molecular weight is 269 g/mol. The van der Waals surface area contributed by atoms with E-state index in [-0.39, 0.29) is 11.7 Å². The van der Waals surface area contributed by atoms with Crippen molar-refractivity contribution in [3.8, 4) is 0 Å². The zero-order chi connectivity index (χ0) is 13.4. The van der Waals surface area contributed by atoms with Gasteiger partial charge in [-0.1, -0.05) is 24.3 Å². The van der Waals surface area contributed by atoms with Gasteiger partial charge in [-0.3, -0.25) is 14.2 Å². The molecule has 3 nitrogen and oxygen atoms in total. The van der Waals surface area contributed by atoms with Crippen LogP contribution in [0.1, 0.15) is 27.0 Å². The minimum atomic E-state index is -0.0984. The third-order valence-corrected chi connectivity index (χ3v) is 3.90. The van der Waals surface area contributed by atoms with Crippen LogP contribution < -0.4 is 0 Å². The largest absolute Gasteiger partial charge is 0.294 e. The molecule has 0 unspecified atom stereocenters. The Morgan fingerprint density at radius 2 is 1.89 bits per heavy atom. The van der Waals surface area contributed by atoms with Gasteiger partial charge in [0.1, 0.15) is 0 Å². The number of carbonyl (C=O) groups is 2. The lowest BCUT2D eigenvalue weighted by atomic mass is 10.1. The number of carbonyl (C=O) groups excluding carboxylic acids is 2. The van der Waals surface area contributed by atoms with E-state index < -0.39 is 0 Å². The molecule has 19 heavy (non-hydrogen) atoms. The normalized spacial score (nSPS) is 10.8. The first kappa shape index (κ1) is 11.9. The Morgan fingerprint density at radius 1 is 1.11 bits per heavy atom. The number of nitrogens with zero attached hydrogens (tertiary/aromatic N) is 1. The van der Waals surface area contributed by atoms with E-state index in [9.17, 15) is 9.59 Å². The molecule has 3 aromatic rings. The number of Topliss-reactive ketones (excluding diaryl/α,β-unsaturated/α-hetero) is 1. The molecule has 0 fully saturated rings. The van der Waals surface area contributed by atoms with Crippen LogP contribution in [0.3, 0.4) is 0 Å². The number of rotatable bonds is 2. The predicted octanol–water partition coefficient (Wildman–Crippen LogP) is 3.59. The van der Waals surface area contributed by atoms with E-state index in [0.29, 0.717) is 10.4 Å². The van der Waals surface area contributed by atoms with Crippen LogP contribution in [0.2, 0.25) is 0 Å². The van der Waals surface area contributed by atoms with Gasteiger partial charge in [0.25, 0.3) is 5.91 Å². The minimum absolute atomic E-state index is 0.0334. The third kappa shape index (κ3) is 1.90. The highest BCUT2D eigenvalue weighted by Crippen LogP contribution is 2.23. The Morgan fingerprint density at radius 3 is 2.58 bits per heavy atom. The fraction of sp³-hybridized carbons (Fsp3) is 0.0667. The zero-order valence-electron chi connectivity index (χ0n) is 10.3. The first-order valence-electron chi connectivity index (χ1n) is 5.87. The van der Waals surface area contributed by atoms with Crippen molar-refractivity contribution in [1.82, 2.24) is 4.57 Å². The SMILES string of the molecule is CC(=O)c1cn(C(=O)c2cccs2)c2ccccc12. The van der Waals surface area contributed by atoms with Crippen molar-refractivity contribution in [2.45, 2.75) is 6.92 Å². The van der Waals surface area contributed by atoms with Crippen molar-refractivity contribution in [2.24, 2.45) is 0 Å². The van der Waals surface area contributed by atoms with Gasteiger partial charge in [0.05, 0.1) is 10.4 Å². The molecule has 0 amide bonds. The first-order valence-corrected chi connectivity index (χ1v) is 6.75. The summed E-state index contributed by atoms with van der Waals surface area (Å²) in [4.78, 5) is 24.7. The molecule has 0 aliphatic rings. The summed E-state index contributed by atoms with van der Waals surface area (Å²) >= 11 is 1.40. The van der Waals surface area contributed by atoms with Gasteiger partial charge in [-0.15, -0.1) is 11.3 Å². The van der Waals surface area contributed by atoms with Gasteiger partial charge >= 0.3 is 0 Å². The van der Waals surface area contributed by atoms with Crippen LogP contribution in [0, 0.1) is 0 Å². The maximum Gasteiger partial charge on any atom is 0.272 e. The standard InChI is InChI=1S/C15H11NO2S/c1-10(17)12-9-16(13-6-3-2-5-11(12)13)15(18)14-7-4-8-19-14/h2-9H,1H3. The molecule has 0 saturated heterocycles. The number of benzene rings is 1. The Balaban J connectivity index is 2.25. The van der Waals surface area contributed by atoms with E-state index in [4.69, 9.17) is 0 Å². The van der Waals surface area contributed by atoms with Gasteiger partial charge in [0.15, 0.2) is 5.78 Å². The minimum Gasteiger partial charge on any atom is -0.294 e. The second kappa shape index (κ2) is 4.48. The summed E-state index contributed by atoms with van der Waals surface area (Å²) in [7, 11) is 0. The third-order valence-electron chi connectivity index (χ3n) is 3.04. The number of fused-ring (bicyclic) bond motifs is 1. The van der Waals surface area contributed by atoms with E-state index in [2.05, 4.69) is 0 Å². The smallest absolute Gasteiger partial charge is 0.272 e. The summed E-state index contributed by atoms with van der Waals surface area (Å²) in [5.74, 6) is -0.132. The molecular formula is C15H11NO2S. The monoisotopic (exact) mass is 269 g/mol. The average Bonchev–Trinajstić information content (AvgIpc) is 3.05. The maximum absolute atomic E-state index is 12.4. The quantitative estimate of drug-likeness (QED) is 0.667. The van der Waals surface area contributed by atoms with Crippen molar-refractivity contribution < 1.29 is 9.59 Å². The second-order valence-corrected chi connectivity index (χ2v) is 5.22. The zero-order valence-corrected chi connectivity index (χ0v) is 11.1. The molecule has 2 aromatic heterocycles. The number of hydrogen-bond donors (Lipinski definition) is 0. The molecule has 0 radical (unpaired) electrons. The van der Waals surface area contributed by atoms with Crippen LogP contribution in [0.5, 0.6) is 0 Å². The molecule has 0 atom stereocenters. The molecule has 3 rings (SSSR count). The van der Waals surface area contributed by atoms with E-state index in [0.717, 1.165) is 10.9 Å². The molecule has 0 bridgehead atoms. The molecule has 1 aromatic carbocycles. The topological polar surface area (TPSA) is 39.1 Å². The van der Waals surface area contributed by atoms with Crippen LogP contribution in [0.4, 0.5) is 0 Å². The number of thiophene rings is 1. The summed E-state index contributed by atoms with van der Waals surface area (Å²) in [6.45, 7) is 1.52. The van der Waals surface area contributed by atoms with E-state index in [1.165, 1.54) is 18.3 Å². The highest BCUT2D eigenvalue weighted by Gasteiger charge is 2.17. The number of hydrogen-bond acceptors (Lipinski definition) is 3. The fourth-order valence-electron chi connectivity index (χ4n) is 2.15. The van der Waals surface area contributed by atoms with Crippen LogP contribution in [-0.2, 0) is 0 Å². The van der Waals surface area contributed by atoms with Gasteiger partial charge in [-0.2, -0.15) is 0 Å². The number of ketones is 1.